The van der Waals surface area contributed by atoms with E-state index in [0.29, 0.717) is 0 Å². The van der Waals surface area contributed by atoms with Crippen LogP contribution in [0.3, 0.4) is 0 Å². The molecule has 0 atom stereocenters. The summed E-state index contributed by atoms with van der Waals surface area (Å²) < 4.78 is 0. The van der Waals surface area contributed by atoms with Gasteiger partial charge in [-0.25, -0.2) is 11.8 Å². The quantitative estimate of drug-likeness (QED) is 0.128. The topological polar surface area (TPSA) is 29.5 Å². The number of rotatable bonds is 1. The number of hydrogen-bond donors (Lipinski definition) is 1. The maximum Gasteiger partial charge on any atom is 1.00 e. The minimum absolute atomic E-state index is 0. The van der Waals surface area contributed by atoms with Crippen LogP contribution in [-0.2, 0) is 4.89 Å². The Morgan fingerprint density at radius 2 is 2.00 bits per heavy atom. The van der Waals surface area contributed by atoms with Crippen molar-refractivity contribution in [2.24, 2.45) is 0 Å². The molecule has 0 unspecified atom stereocenters. The largest absolute Gasteiger partial charge is 1.00 e. The maximum absolute atomic E-state index is 7.20. The van der Waals surface area contributed by atoms with E-state index in [1.807, 2.05) is 0 Å². The van der Waals surface area contributed by atoms with E-state index >= 15 is 0 Å². The fourth-order valence-electron chi connectivity index (χ4n) is 0. The van der Waals surface area contributed by atoms with E-state index in [4.69, 9.17) is 5.26 Å². The average Bonchev–Trinajstić information content (AvgIpc) is 1.37. The fraction of sp³-hybridized carbons (Fsp3) is 0. The third-order valence-electron chi connectivity index (χ3n) is 0.0645. The van der Waals surface area contributed by atoms with Gasteiger partial charge in [-0.15, -0.1) is 0 Å². The van der Waals surface area contributed by atoms with Gasteiger partial charge >= 0.3 is 51.4 Å². The van der Waals surface area contributed by atoms with Crippen LogP contribution in [0.1, 0.15) is 0 Å². The summed E-state index contributed by atoms with van der Waals surface area (Å²) in [4.78, 5) is 3.18. The van der Waals surface area contributed by atoms with Gasteiger partial charge in [0.05, 0.1) is 0 Å². The van der Waals surface area contributed by atoms with E-state index < -0.39 is 0 Å². The molecule has 3 heteroatoms. The molecule has 0 spiro atoms. The first-order valence-corrected chi connectivity index (χ1v) is 0.740. The van der Waals surface area contributed by atoms with Crippen LogP contribution in [0.2, 0.25) is 0 Å². The molecule has 0 fully saturated rings. The molecule has 0 aromatic carbocycles. The zero-order valence-electron chi connectivity index (χ0n) is 3.06. The molecule has 0 amide bonds. The summed E-state index contributed by atoms with van der Waals surface area (Å²) in [5.74, 6) is 0. The standard InChI is InChI=1S/C2H3O2.K/c1-2-4-3;/h3H,1H2;/q-1;+1. The van der Waals surface area contributed by atoms with Gasteiger partial charge in [0.15, 0.2) is 0 Å². The van der Waals surface area contributed by atoms with Gasteiger partial charge in [0, 0.05) is 0 Å². The van der Waals surface area contributed by atoms with Crippen LogP contribution in [0.4, 0.5) is 0 Å². The summed E-state index contributed by atoms with van der Waals surface area (Å²) in [6.45, 7) is 2.88. The average molecular weight is 98.1 g/mol. The summed E-state index contributed by atoms with van der Waals surface area (Å²) in [7, 11) is 0. The van der Waals surface area contributed by atoms with Crippen LogP contribution in [0.15, 0.2) is 6.58 Å². The molecule has 24 valence electrons. The Labute approximate surface area is 73.2 Å². The SMILES string of the molecule is C=[C-]OO.[K+]. The van der Waals surface area contributed by atoms with Crippen LogP contribution in [0.25, 0.3) is 0 Å². The van der Waals surface area contributed by atoms with Crippen LogP contribution in [0.5, 0.6) is 0 Å². The molecule has 1 N–H and O–H groups in total. The molecule has 0 bridgehead atoms. The Balaban J connectivity index is 0. The van der Waals surface area contributed by atoms with Crippen LogP contribution in [-0.4, -0.2) is 5.26 Å². The zero-order valence-corrected chi connectivity index (χ0v) is 6.19. The molecular weight excluding hydrogens is 95.1 g/mol. The van der Waals surface area contributed by atoms with E-state index in [1.54, 1.807) is 6.26 Å². The molecule has 0 saturated carbocycles. The third-order valence-corrected chi connectivity index (χ3v) is 0.0645. The molecule has 0 radical (unpaired) electrons. The predicted octanol–water partition coefficient (Wildman–Crippen LogP) is -2.57. The molecule has 0 heterocycles. The second-order valence-electron chi connectivity index (χ2n) is 0.236. The van der Waals surface area contributed by atoms with Crippen LogP contribution < -0.4 is 51.4 Å². The van der Waals surface area contributed by atoms with Gasteiger partial charge in [-0.1, -0.05) is 0 Å². The molecule has 0 aromatic rings. The monoisotopic (exact) mass is 98.0 g/mol. The van der Waals surface area contributed by atoms with Crippen molar-refractivity contribution in [1.29, 1.82) is 0 Å². The normalized spacial score (nSPS) is 4.20. The van der Waals surface area contributed by atoms with Gasteiger partial charge in [0.1, 0.15) is 0 Å². The summed E-state index contributed by atoms with van der Waals surface area (Å²) >= 11 is 0. The summed E-state index contributed by atoms with van der Waals surface area (Å²) in [6, 6.07) is 0. The van der Waals surface area contributed by atoms with Gasteiger partial charge in [-0.05, 0) is 0 Å². The smallest absolute Gasteiger partial charge is 0.550 e. The van der Waals surface area contributed by atoms with Crippen molar-refractivity contribution in [2.75, 3.05) is 0 Å². The summed E-state index contributed by atoms with van der Waals surface area (Å²) in [6.07, 6.45) is 1.74. The Hall–Kier alpha value is 1.14. The van der Waals surface area contributed by atoms with Gasteiger partial charge in [0.25, 0.3) is 0 Å². The second-order valence-corrected chi connectivity index (χ2v) is 0.236. The first-order valence-electron chi connectivity index (χ1n) is 0.740. The minimum atomic E-state index is 0. The molecule has 0 aliphatic rings. The van der Waals surface area contributed by atoms with E-state index in [9.17, 15) is 0 Å². The Bertz CT molecular complexity index is 21.6. The van der Waals surface area contributed by atoms with Crippen molar-refractivity contribution >= 4 is 0 Å². The van der Waals surface area contributed by atoms with Crippen LogP contribution in [0, 0.1) is 6.26 Å². The first-order chi connectivity index (χ1) is 1.91. The zero-order chi connectivity index (χ0) is 3.41. The van der Waals surface area contributed by atoms with Crippen LogP contribution >= 0.6 is 0 Å². The molecule has 0 aliphatic heterocycles. The minimum Gasteiger partial charge on any atom is -0.550 e. The molecule has 5 heavy (non-hydrogen) atoms. The Kier molecular flexibility index (Phi) is 16.9. The summed E-state index contributed by atoms with van der Waals surface area (Å²) in [5.41, 5.74) is 0. The van der Waals surface area contributed by atoms with Crippen molar-refractivity contribution in [3.63, 3.8) is 0 Å². The van der Waals surface area contributed by atoms with E-state index in [1.165, 1.54) is 0 Å². The van der Waals surface area contributed by atoms with Gasteiger partial charge < -0.3 is 4.89 Å². The first kappa shape index (κ1) is 9.46. The van der Waals surface area contributed by atoms with E-state index in [0.717, 1.165) is 0 Å². The molecule has 2 nitrogen and oxygen atoms in total. The van der Waals surface area contributed by atoms with Gasteiger partial charge in [-0.2, -0.15) is 0 Å². The maximum atomic E-state index is 7.20. The van der Waals surface area contributed by atoms with Crippen molar-refractivity contribution < 1.29 is 61.5 Å². The van der Waals surface area contributed by atoms with Gasteiger partial charge in [-0.3, -0.25) is 6.26 Å². The molecule has 0 aliphatic carbocycles. The van der Waals surface area contributed by atoms with Crippen molar-refractivity contribution in [1.82, 2.24) is 0 Å². The Morgan fingerprint density at radius 1 is 1.80 bits per heavy atom. The van der Waals surface area contributed by atoms with Crippen molar-refractivity contribution in [2.45, 2.75) is 0 Å². The fourth-order valence-corrected chi connectivity index (χ4v) is 0. The van der Waals surface area contributed by atoms with Crippen molar-refractivity contribution in [3.05, 3.63) is 12.8 Å². The van der Waals surface area contributed by atoms with Gasteiger partial charge in [0.2, 0.25) is 0 Å². The molecule has 0 rings (SSSR count). The molecule has 0 saturated heterocycles. The summed E-state index contributed by atoms with van der Waals surface area (Å²) in [5, 5.41) is 7.20. The third kappa shape index (κ3) is 11.1. The van der Waals surface area contributed by atoms with E-state index in [2.05, 4.69) is 11.5 Å². The van der Waals surface area contributed by atoms with Crippen molar-refractivity contribution in [3.8, 4) is 0 Å². The number of hydrogen-bond acceptors (Lipinski definition) is 2. The predicted molar refractivity (Wildman–Crippen MR) is 12.6 cm³/mol. The second kappa shape index (κ2) is 8.93. The Morgan fingerprint density at radius 3 is 2.00 bits per heavy atom. The molecular formula is C2H3KO2. The van der Waals surface area contributed by atoms with E-state index in [-0.39, 0.29) is 51.4 Å². The molecule has 0 aromatic heterocycles.